The molecule has 1 atom stereocenters. The van der Waals surface area contributed by atoms with Crippen molar-refractivity contribution < 1.29 is 0 Å². The number of hydrogen-bond donors (Lipinski definition) is 0. The molecule has 0 spiro atoms. The van der Waals surface area contributed by atoms with E-state index in [1.165, 1.54) is 32.0 Å². The van der Waals surface area contributed by atoms with Gasteiger partial charge in [0.15, 0.2) is 0 Å². The first-order chi connectivity index (χ1) is 7.99. The Hall–Kier alpha value is -0.790. The second-order valence-electron chi connectivity index (χ2n) is 4.57. The van der Waals surface area contributed by atoms with E-state index in [0.29, 0.717) is 0 Å². The van der Waals surface area contributed by atoms with E-state index in [0.717, 1.165) is 0 Å². The van der Waals surface area contributed by atoms with Crippen molar-refractivity contribution in [1.29, 1.82) is 0 Å². The monoisotopic (exact) mass is 264 g/mol. The van der Waals surface area contributed by atoms with Crippen molar-refractivity contribution in [3.05, 3.63) is 56.3 Å². The second-order valence-corrected chi connectivity index (χ2v) is 6.47. The average molecular weight is 265 g/mol. The van der Waals surface area contributed by atoms with Gasteiger partial charge in [-0.15, -0.1) is 22.9 Å². The Morgan fingerprint density at radius 1 is 1.00 bits per heavy atom. The Bertz CT molecular complexity index is 540. The predicted molar refractivity (Wildman–Crippen MR) is 77.4 cm³/mol. The molecule has 1 aromatic heterocycles. The molecule has 0 fully saturated rings. The Morgan fingerprint density at radius 3 is 2.24 bits per heavy atom. The van der Waals surface area contributed by atoms with Crippen LogP contribution in [0.3, 0.4) is 0 Å². The molecule has 0 nitrogen and oxygen atoms in total. The summed E-state index contributed by atoms with van der Waals surface area (Å²) >= 11 is 8.40. The summed E-state index contributed by atoms with van der Waals surface area (Å²) in [5, 5.41) is -0.0285. The third-order valence-electron chi connectivity index (χ3n) is 3.18. The van der Waals surface area contributed by atoms with Gasteiger partial charge in [0.2, 0.25) is 0 Å². The predicted octanol–water partition coefficient (Wildman–Crippen LogP) is 5.31. The molecule has 0 N–H and O–H groups in total. The fraction of sp³-hybridized carbons (Fsp3) is 0.333. The highest BCUT2D eigenvalue weighted by atomic mass is 35.5. The molecular weight excluding hydrogens is 248 g/mol. The molecule has 0 aliphatic rings. The SMILES string of the molecule is Cc1cc(C(Cl)c2ccc(C)c(C)c2)c(C)s1. The molecule has 0 aliphatic carbocycles. The van der Waals surface area contributed by atoms with E-state index in [-0.39, 0.29) is 5.38 Å². The van der Waals surface area contributed by atoms with Gasteiger partial charge in [-0.3, -0.25) is 0 Å². The highest BCUT2D eigenvalue weighted by Crippen LogP contribution is 2.35. The molecule has 0 radical (unpaired) electrons. The third-order valence-corrected chi connectivity index (χ3v) is 4.64. The molecule has 17 heavy (non-hydrogen) atoms. The minimum Gasteiger partial charge on any atom is -0.146 e. The van der Waals surface area contributed by atoms with Gasteiger partial charge < -0.3 is 0 Å². The van der Waals surface area contributed by atoms with Gasteiger partial charge in [0.05, 0.1) is 5.38 Å². The topological polar surface area (TPSA) is 0 Å². The maximum absolute atomic E-state index is 6.58. The van der Waals surface area contributed by atoms with E-state index in [2.05, 4.69) is 52.0 Å². The maximum Gasteiger partial charge on any atom is 0.0846 e. The van der Waals surface area contributed by atoms with Gasteiger partial charge in [-0.25, -0.2) is 0 Å². The van der Waals surface area contributed by atoms with Gasteiger partial charge in [0, 0.05) is 9.75 Å². The molecule has 0 saturated heterocycles. The maximum atomic E-state index is 6.58. The van der Waals surface area contributed by atoms with E-state index in [9.17, 15) is 0 Å². The van der Waals surface area contributed by atoms with Gasteiger partial charge in [-0.2, -0.15) is 0 Å². The Morgan fingerprint density at radius 2 is 1.71 bits per heavy atom. The first kappa shape index (κ1) is 12.7. The standard InChI is InChI=1S/C15H17ClS/c1-9-5-6-13(7-10(9)2)15(16)14-8-11(3)17-12(14)4/h5-8,15H,1-4H3. The fourth-order valence-corrected chi connectivity index (χ4v) is 3.39. The van der Waals surface area contributed by atoms with Gasteiger partial charge >= 0.3 is 0 Å². The third kappa shape index (κ3) is 2.56. The minimum atomic E-state index is -0.0285. The molecule has 0 saturated carbocycles. The molecular formula is C15H17ClS. The Labute approximate surface area is 112 Å². The summed E-state index contributed by atoms with van der Waals surface area (Å²) in [5.41, 5.74) is 5.06. The first-order valence-corrected chi connectivity index (χ1v) is 7.02. The smallest absolute Gasteiger partial charge is 0.0846 e. The molecule has 1 heterocycles. The van der Waals surface area contributed by atoms with Crippen molar-refractivity contribution in [3.8, 4) is 0 Å². The summed E-state index contributed by atoms with van der Waals surface area (Å²) in [6.45, 7) is 8.53. The summed E-state index contributed by atoms with van der Waals surface area (Å²) in [4.78, 5) is 2.65. The van der Waals surface area contributed by atoms with Gasteiger partial charge in [0.1, 0.15) is 0 Å². The number of aryl methyl sites for hydroxylation is 4. The van der Waals surface area contributed by atoms with E-state index in [1.54, 1.807) is 0 Å². The van der Waals surface area contributed by atoms with Crippen LogP contribution in [0, 0.1) is 27.7 Å². The normalized spacial score (nSPS) is 12.8. The fourth-order valence-electron chi connectivity index (χ4n) is 2.00. The second kappa shape index (κ2) is 4.83. The molecule has 2 rings (SSSR count). The van der Waals surface area contributed by atoms with Crippen LogP contribution in [0.5, 0.6) is 0 Å². The average Bonchev–Trinajstić information content (AvgIpc) is 2.61. The van der Waals surface area contributed by atoms with Crippen molar-refractivity contribution >= 4 is 22.9 Å². The summed E-state index contributed by atoms with van der Waals surface area (Å²) in [6.07, 6.45) is 0. The zero-order chi connectivity index (χ0) is 12.6. The number of benzene rings is 1. The summed E-state index contributed by atoms with van der Waals surface area (Å²) < 4.78 is 0. The van der Waals surface area contributed by atoms with Crippen molar-refractivity contribution in [3.63, 3.8) is 0 Å². The first-order valence-electron chi connectivity index (χ1n) is 5.77. The lowest BCUT2D eigenvalue weighted by Gasteiger charge is -2.11. The van der Waals surface area contributed by atoms with E-state index in [4.69, 9.17) is 11.6 Å². The van der Waals surface area contributed by atoms with Crippen LogP contribution in [0.4, 0.5) is 0 Å². The van der Waals surface area contributed by atoms with Crippen LogP contribution in [-0.4, -0.2) is 0 Å². The van der Waals surface area contributed by atoms with Crippen LogP contribution in [0.1, 0.15) is 37.4 Å². The van der Waals surface area contributed by atoms with Crippen LogP contribution in [0.25, 0.3) is 0 Å². The van der Waals surface area contributed by atoms with Crippen LogP contribution < -0.4 is 0 Å². The highest BCUT2D eigenvalue weighted by molar-refractivity contribution is 7.12. The largest absolute Gasteiger partial charge is 0.146 e. The van der Waals surface area contributed by atoms with E-state index in [1.807, 2.05) is 11.3 Å². The lowest BCUT2D eigenvalue weighted by Crippen LogP contribution is -1.94. The number of alkyl halides is 1. The molecule has 2 heteroatoms. The summed E-state index contributed by atoms with van der Waals surface area (Å²) in [6, 6.07) is 8.67. The minimum absolute atomic E-state index is 0.0285. The Kier molecular flexibility index (Phi) is 3.60. The van der Waals surface area contributed by atoms with Gasteiger partial charge in [0.25, 0.3) is 0 Å². The van der Waals surface area contributed by atoms with Crippen LogP contribution >= 0.6 is 22.9 Å². The summed E-state index contributed by atoms with van der Waals surface area (Å²) in [7, 11) is 0. The molecule has 90 valence electrons. The van der Waals surface area contributed by atoms with Crippen molar-refractivity contribution in [1.82, 2.24) is 0 Å². The molecule has 1 aromatic carbocycles. The molecule has 2 aromatic rings. The van der Waals surface area contributed by atoms with Crippen LogP contribution in [0.2, 0.25) is 0 Å². The number of rotatable bonds is 2. The number of hydrogen-bond acceptors (Lipinski definition) is 1. The highest BCUT2D eigenvalue weighted by Gasteiger charge is 2.15. The van der Waals surface area contributed by atoms with Gasteiger partial charge in [-0.05, 0) is 56.0 Å². The number of halogens is 1. The molecule has 1 unspecified atom stereocenters. The summed E-state index contributed by atoms with van der Waals surface area (Å²) in [5.74, 6) is 0. The lowest BCUT2D eigenvalue weighted by molar-refractivity contribution is 1.12. The van der Waals surface area contributed by atoms with E-state index >= 15 is 0 Å². The van der Waals surface area contributed by atoms with E-state index < -0.39 is 0 Å². The molecule has 0 aliphatic heterocycles. The quantitative estimate of drug-likeness (QED) is 0.645. The number of thiophene rings is 1. The van der Waals surface area contributed by atoms with Gasteiger partial charge in [-0.1, -0.05) is 18.2 Å². The zero-order valence-corrected chi connectivity index (χ0v) is 12.2. The van der Waals surface area contributed by atoms with Crippen LogP contribution in [-0.2, 0) is 0 Å². The molecule has 0 amide bonds. The van der Waals surface area contributed by atoms with Crippen molar-refractivity contribution in [2.24, 2.45) is 0 Å². The lowest BCUT2D eigenvalue weighted by atomic mass is 10.0. The van der Waals surface area contributed by atoms with Crippen molar-refractivity contribution in [2.75, 3.05) is 0 Å². The Balaban J connectivity index is 2.40. The van der Waals surface area contributed by atoms with Crippen LogP contribution in [0.15, 0.2) is 24.3 Å². The molecule has 0 bridgehead atoms. The van der Waals surface area contributed by atoms with Crippen molar-refractivity contribution in [2.45, 2.75) is 33.1 Å². The zero-order valence-electron chi connectivity index (χ0n) is 10.7.